The van der Waals surface area contributed by atoms with Gasteiger partial charge in [-0.1, -0.05) is 0 Å². The fourth-order valence-electron chi connectivity index (χ4n) is 1.06. The van der Waals surface area contributed by atoms with E-state index in [1.165, 1.54) is 0 Å². The van der Waals surface area contributed by atoms with Crippen LogP contribution in [-0.4, -0.2) is 57.8 Å². The number of hydrogen-bond donors (Lipinski definition) is 4. The highest BCUT2D eigenvalue weighted by atomic mass is 19.1. The Morgan fingerprint density at radius 3 is 2.08 bits per heavy atom. The van der Waals surface area contributed by atoms with Crippen molar-refractivity contribution < 1.29 is 29.6 Å². The maximum absolute atomic E-state index is 12.0. The lowest BCUT2D eigenvalue weighted by Crippen LogP contribution is -2.58. The highest BCUT2D eigenvalue weighted by molar-refractivity contribution is 4.88. The summed E-state index contributed by atoms with van der Waals surface area (Å²) in [6.45, 7) is -1.03. The molecule has 1 fully saturated rings. The van der Waals surface area contributed by atoms with Crippen molar-refractivity contribution in [3.63, 3.8) is 0 Å². The first-order valence-corrected chi connectivity index (χ1v) is 3.51. The minimum absolute atomic E-state index is 1.03. The highest BCUT2D eigenvalue weighted by Crippen LogP contribution is 2.19. The van der Waals surface area contributed by atoms with Crippen molar-refractivity contribution >= 4 is 0 Å². The molecule has 12 heavy (non-hydrogen) atoms. The van der Waals surface area contributed by atoms with Crippen molar-refractivity contribution in [3.8, 4) is 0 Å². The van der Waals surface area contributed by atoms with E-state index in [1.807, 2.05) is 0 Å². The monoisotopic (exact) mass is 182 g/mol. The molecule has 1 saturated heterocycles. The van der Waals surface area contributed by atoms with E-state index in [4.69, 9.17) is 20.4 Å². The van der Waals surface area contributed by atoms with Crippen LogP contribution in [0.2, 0.25) is 0 Å². The minimum Gasteiger partial charge on any atom is -0.387 e. The average molecular weight is 182 g/mol. The van der Waals surface area contributed by atoms with Crippen LogP contribution < -0.4 is 0 Å². The van der Waals surface area contributed by atoms with Crippen LogP contribution >= 0.6 is 0 Å². The van der Waals surface area contributed by atoms with Crippen molar-refractivity contribution in [2.75, 3.05) is 6.67 Å². The van der Waals surface area contributed by atoms with Gasteiger partial charge >= 0.3 is 0 Å². The molecule has 1 rings (SSSR count). The third-order valence-electron chi connectivity index (χ3n) is 1.84. The first-order chi connectivity index (χ1) is 5.57. The van der Waals surface area contributed by atoms with Gasteiger partial charge in [0.2, 0.25) is 0 Å². The molecule has 0 aliphatic carbocycles. The molecule has 5 nitrogen and oxygen atoms in total. The molecule has 0 spiro atoms. The molecule has 5 atom stereocenters. The maximum Gasteiger partial charge on any atom is 0.184 e. The Morgan fingerprint density at radius 1 is 1.00 bits per heavy atom. The molecule has 0 aromatic heterocycles. The molecule has 1 aliphatic rings. The van der Waals surface area contributed by atoms with Crippen LogP contribution in [0.1, 0.15) is 0 Å². The standard InChI is InChI=1S/C6H11FO5/c7-1-2-3(8)4(9)5(10)6(11)12-2/h2-6,8-11H,1H2/t2-,3+,4-,5+,6?/m1/s1. The lowest BCUT2D eigenvalue weighted by molar-refractivity contribution is -0.283. The molecule has 1 unspecified atom stereocenters. The summed E-state index contributed by atoms with van der Waals surface area (Å²) >= 11 is 0. The van der Waals surface area contributed by atoms with E-state index in [1.54, 1.807) is 0 Å². The fraction of sp³-hybridized carbons (Fsp3) is 1.00. The lowest BCUT2D eigenvalue weighted by atomic mass is 10.00. The van der Waals surface area contributed by atoms with Gasteiger partial charge in [-0.2, -0.15) is 0 Å². The lowest BCUT2D eigenvalue weighted by Gasteiger charge is -2.37. The number of ether oxygens (including phenoxy) is 1. The Balaban J connectivity index is 2.63. The van der Waals surface area contributed by atoms with Crippen LogP contribution in [0, 0.1) is 0 Å². The molecule has 6 heteroatoms. The van der Waals surface area contributed by atoms with Crippen LogP contribution in [0.5, 0.6) is 0 Å². The Kier molecular flexibility index (Phi) is 2.97. The Morgan fingerprint density at radius 2 is 1.58 bits per heavy atom. The molecule has 72 valence electrons. The second-order valence-electron chi connectivity index (χ2n) is 2.69. The summed E-state index contributed by atoms with van der Waals surface area (Å²) in [6.07, 6.45) is -7.60. The molecule has 0 amide bonds. The van der Waals surface area contributed by atoms with E-state index >= 15 is 0 Å². The fourth-order valence-corrected chi connectivity index (χ4v) is 1.06. The van der Waals surface area contributed by atoms with Gasteiger partial charge in [0.15, 0.2) is 6.29 Å². The van der Waals surface area contributed by atoms with Gasteiger partial charge in [0.25, 0.3) is 0 Å². The topological polar surface area (TPSA) is 90.2 Å². The van der Waals surface area contributed by atoms with E-state index in [2.05, 4.69) is 4.74 Å². The zero-order chi connectivity index (χ0) is 9.30. The Hall–Kier alpha value is -0.270. The quantitative estimate of drug-likeness (QED) is 0.368. The molecule has 0 aromatic carbocycles. The van der Waals surface area contributed by atoms with Crippen LogP contribution in [0.25, 0.3) is 0 Å². The first kappa shape index (κ1) is 9.82. The summed E-state index contributed by atoms with van der Waals surface area (Å²) < 4.78 is 16.5. The summed E-state index contributed by atoms with van der Waals surface area (Å²) in [7, 11) is 0. The maximum atomic E-state index is 12.0. The highest BCUT2D eigenvalue weighted by Gasteiger charge is 2.42. The average Bonchev–Trinajstić information content (AvgIpc) is 2.08. The summed E-state index contributed by atoms with van der Waals surface area (Å²) in [5.41, 5.74) is 0. The van der Waals surface area contributed by atoms with Crippen LogP contribution in [0.4, 0.5) is 4.39 Å². The van der Waals surface area contributed by atoms with E-state index < -0.39 is 37.4 Å². The number of halogens is 1. The van der Waals surface area contributed by atoms with Crippen LogP contribution in [-0.2, 0) is 4.74 Å². The normalized spacial score (nSPS) is 49.2. The molecule has 0 radical (unpaired) electrons. The molecular formula is C6H11FO5. The molecule has 0 saturated carbocycles. The van der Waals surface area contributed by atoms with Gasteiger partial charge in [0.05, 0.1) is 0 Å². The first-order valence-electron chi connectivity index (χ1n) is 3.51. The van der Waals surface area contributed by atoms with E-state index in [0.29, 0.717) is 0 Å². The molecule has 1 heterocycles. The van der Waals surface area contributed by atoms with Crippen molar-refractivity contribution in [1.29, 1.82) is 0 Å². The van der Waals surface area contributed by atoms with Crippen molar-refractivity contribution in [3.05, 3.63) is 0 Å². The van der Waals surface area contributed by atoms with Gasteiger partial charge in [0, 0.05) is 0 Å². The van der Waals surface area contributed by atoms with Gasteiger partial charge in [-0.05, 0) is 0 Å². The molecular weight excluding hydrogens is 171 g/mol. The van der Waals surface area contributed by atoms with E-state index in [0.717, 1.165) is 0 Å². The Labute approximate surface area is 68.0 Å². The third-order valence-corrected chi connectivity index (χ3v) is 1.84. The third kappa shape index (κ3) is 1.57. The minimum atomic E-state index is -1.65. The molecule has 1 aliphatic heterocycles. The number of rotatable bonds is 1. The summed E-state index contributed by atoms with van der Waals surface area (Å²) in [5, 5.41) is 35.8. The summed E-state index contributed by atoms with van der Waals surface area (Å²) in [4.78, 5) is 0. The number of hydrogen-bond acceptors (Lipinski definition) is 5. The zero-order valence-corrected chi connectivity index (χ0v) is 6.17. The van der Waals surface area contributed by atoms with Gasteiger partial charge < -0.3 is 25.2 Å². The number of aliphatic hydroxyl groups is 4. The summed E-state index contributed by atoms with van der Waals surface area (Å²) in [6, 6.07) is 0. The number of alkyl halides is 1. The van der Waals surface area contributed by atoms with Gasteiger partial charge in [0.1, 0.15) is 31.1 Å². The smallest absolute Gasteiger partial charge is 0.184 e. The predicted octanol–water partition coefficient (Wildman–Crippen LogP) is -2.24. The van der Waals surface area contributed by atoms with Gasteiger partial charge in [-0.3, -0.25) is 0 Å². The molecule has 0 aromatic rings. The van der Waals surface area contributed by atoms with Crippen LogP contribution in [0.15, 0.2) is 0 Å². The predicted molar refractivity (Wildman–Crippen MR) is 34.9 cm³/mol. The number of aliphatic hydroxyl groups excluding tert-OH is 4. The van der Waals surface area contributed by atoms with E-state index in [9.17, 15) is 4.39 Å². The largest absolute Gasteiger partial charge is 0.387 e. The second-order valence-corrected chi connectivity index (χ2v) is 2.69. The van der Waals surface area contributed by atoms with E-state index in [-0.39, 0.29) is 0 Å². The van der Waals surface area contributed by atoms with Gasteiger partial charge in [-0.25, -0.2) is 4.39 Å². The van der Waals surface area contributed by atoms with Crippen LogP contribution in [0.3, 0.4) is 0 Å². The Bertz CT molecular complexity index is 150. The van der Waals surface area contributed by atoms with Crippen molar-refractivity contribution in [2.24, 2.45) is 0 Å². The molecule has 4 N–H and O–H groups in total. The van der Waals surface area contributed by atoms with Crippen molar-refractivity contribution in [2.45, 2.75) is 30.7 Å². The summed E-state index contributed by atoms with van der Waals surface area (Å²) in [5.74, 6) is 0. The zero-order valence-electron chi connectivity index (χ0n) is 6.17. The second kappa shape index (κ2) is 3.63. The SMILES string of the molecule is OC1O[C@H](CF)[C@H](O)[C@@H](O)[C@@H]1O. The molecule has 0 bridgehead atoms. The van der Waals surface area contributed by atoms with Crippen molar-refractivity contribution in [1.82, 2.24) is 0 Å². The van der Waals surface area contributed by atoms with Gasteiger partial charge in [-0.15, -0.1) is 0 Å².